The van der Waals surface area contributed by atoms with Crippen LogP contribution < -0.4 is 26.2 Å². The van der Waals surface area contributed by atoms with Gasteiger partial charge in [-0.3, -0.25) is 0 Å². The number of nitrogens with zero attached hydrogens (tertiary/aromatic N) is 4. The molecule has 130 heavy (non-hydrogen) atoms. The van der Waals surface area contributed by atoms with E-state index in [1.807, 2.05) is 0 Å². The molecule has 0 atom stereocenters. The Kier molecular flexibility index (Phi) is 19.3. The molecule has 0 saturated carbocycles. The van der Waals surface area contributed by atoms with Crippen molar-refractivity contribution in [2.24, 2.45) is 0 Å². The number of hydrogen-bond donors (Lipinski definition) is 0. The van der Waals surface area contributed by atoms with Crippen molar-refractivity contribution in [3.63, 3.8) is 0 Å². The molecule has 0 aliphatic carbocycles. The number of hydrogen-bond acceptors (Lipinski definition) is 2. The van der Waals surface area contributed by atoms with E-state index in [4.69, 9.17) is 0 Å². The second-order valence-electron chi connectivity index (χ2n) is 37.7. The van der Waals surface area contributed by atoms with Crippen molar-refractivity contribution in [1.29, 1.82) is 0 Å². The monoisotopic (exact) mass is 1660 g/mol. The fourth-order valence-corrected chi connectivity index (χ4v) is 20.7. The second kappa shape index (κ2) is 31.8. The van der Waals surface area contributed by atoms with Crippen molar-refractivity contribution in [2.45, 2.75) is 72.1 Å². The van der Waals surface area contributed by atoms with Crippen molar-refractivity contribution in [3.8, 4) is 123 Å². The first kappa shape index (κ1) is 79.1. The summed E-state index contributed by atoms with van der Waals surface area (Å²) in [6, 6.07) is 166. The summed E-state index contributed by atoms with van der Waals surface area (Å²) in [4.78, 5) is 5.53. The third-order valence-electron chi connectivity index (χ3n) is 27.3. The van der Waals surface area contributed by atoms with Crippen molar-refractivity contribution < 1.29 is 0 Å². The molecule has 0 amide bonds. The minimum Gasteiger partial charge on any atom is -0.310 e. The van der Waals surface area contributed by atoms with Crippen molar-refractivity contribution in [1.82, 2.24) is 9.13 Å². The van der Waals surface area contributed by atoms with Gasteiger partial charge < -0.3 is 18.9 Å². The predicted molar refractivity (Wildman–Crippen MR) is 555 cm³/mol. The number of aromatic nitrogens is 2. The summed E-state index contributed by atoms with van der Waals surface area (Å²) in [7, 11) is 0. The molecule has 4 nitrogen and oxygen atoms in total. The van der Waals surface area contributed by atoms with Crippen LogP contribution in [0.15, 0.2) is 437 Å². The summed E-state index contributed by atoms with van der Waals surface area (Å²) >= 11 is 0. The highest BCUT2D eigenvalue weighted by Crippen LogP contribution is 2.57. The maximum absolute atomic E-state index is 2.77. The SMILES string of the molecule is CC(C)c1cc2c3c(c1)N(c1c(-c4ccccc4)cc(C(C)(C)C)cc1-c1cccc(-c4cccc(-c5ccccc5)c4)c1)c1cc(-n4c5ccccc5c5cc(-c6ccccc6)ccc54)ccc1B3c1ccc(-n3c4ccccc4c4cc(-c5ccccc5)ccc43)cc1N2c1c(-c2ccccc2)cc(C(C)(C)C)cc1-c1cccc(-c2cccc(-c3ccccc3)c2)c1. The third-order valence-corrected chi connectivity index (χ3v) is 27.3. The topological polar surface area (TPSA) is 16.3 Å². The van der Waals surface area contributed by atoms with E-state index in [-0.39, 0.29) is 23.5 Å². The van der Waals surface area contributed by atoms with Crippen LogP contribution in [0.5, 0.6) is 0 Å². The molecule has 4 heterocycles. The summed E-state index contributed by atoms with van der Waals surface area (Å²) < 4.78 is 5.08. The van der Waals surface area contributed by atoms with Crippen LogP contribution in [-0.2, 0) is 10.8 Å². The zero-order valence-electron chi connectivity index (χ0n) is 74.5. The molecule has 21 aromatic rings. The average Bonchev–Trinajstić information content (AvgIpc) is 0.769. The molecule has 2 aliphatic rings. The minimum absolute atomic E-state index is 0.0558. The highest BCUT2D eigenvalue weighted by Gasteiger charge is 2.47. The lowest BCUT2D eigenvalue weighted by atomic mass is 9.33. The number of para-hydroxylation sites is 2. The molecule has 0 fully saturated rings. The molecule has 19 aromatic carbocycles. The zero-order chi connectivity index (χ0) is 87.6. The molecular formula is C125H97BN4. The first-order chi connectivity index (χ1) is 63.6. The van der Waals surface area contributed by atoms with Gasteiger partial charge in [0.05, 0.1) is 33.4 Å². The van der Waals surface area contributed by atoms with Gasteiger partial charge in [-0.1, -0.05) is 371 Å². The normalized spacial score (nSPS) is 12.5. The van der Waals surface area contributed by atoms with Gasteiger partial charge in [0.1, 0.15) is 0 Å². The summed E-state index contributed by atoms with van der Waals surface area (Å²) in [5.41, 5.74) is 43.3. The Bertz CT molecular complexity index is 7540. The van der Waals surface area contributed by atoms with Crippen LogP contribution in [0.2, 0.25) is 0 Å². The van der Waals surface area contributed by atoms with E-state index in [1.54, 1.807) is 0 Å². The predicted octanol–water partition coefficient (Wildman–Crippen LogP) is 32.4. The minimum atomic E-state index is -0.319. The highest BCUT2D eigenvalue weighted by atomic mass is 15.2. The molecule has 0 bridgehead atoms. The first-order valence-corrected chi connectivity index (χ1v) is 45.8. The fourth-order valence-electron chi connectivity index (χ4n) is 20.7. The Morgan fingerprint density at radius 2 is 0.492 bits per heavy atom. The quantitative estimate of drug-likeness (QED) is 0.0951. The van der Waals surface area contributed by atoms with Crippen LogP contribution in [0.3, 0.4) is 0 Å². The first-order valence-electron chi connectivity index (χ1n) is 45.8. The number of anilines is 6. The van der Waals surface area contributed by atoms with Gasteiger partial charge in [-0.25, -0.2) is 0 Å². The van der Waals surface area contributed by atoms with Gasteiger partial charge in [-0.15, -0.1) is 0 Å². The summed E-state index contributed by atoms with van der Waals surface area (Å²) in [5.74, 6) is 0.0558. The third kappa shape index (κ3) is 13.8. The van der Waals surface area contributed by atoms with E-state index in [0.29, 0.717) is 0 Å². The number of benzene rings is 19. The lowest BCUT2D eigenvalue weighted by Gasteiger charge is -2.46. The van der Waals surface area contributed by atoms with Crippen molar-refractivity contribution in [3.05, 3.63) is 453 Å². The largest absolute Gasteiger partial charge is 0.310 e. The molecule has 0 radical (unpaired) electrons. The molecule has 2 aliphatic heterocycles. The molecule has 0 spiro atoms. The molecule has 23 rings (SSSR count). The van der Waals surface area contributed by atoms with Gasteiger partial charge in [-0.2, -0.15) is 0 Å². The maximum atomic E-state index is 2.77. The highest BCUT2D eigenvalue weighted by molar-refractivity contribution is 7.00. The zero-order valence-corrected chi connectivity index (χ0v) is 74.5. The Hall–Kier alpha value is -15.6. The summed E-state index contributed by atoms with van der Waals surface area (Å²) in [6.07, 6.45) is 0. The Labute approximate surface area is 762 Å². The molecular weight excluding hydrogens is 1570 g/mol. The van der Waals surface area contributed by atoms with E-state index in [2.05, 4.69) is 511 Å². The van der Waals surface area contributed by atoms with E-state index in [1.165, 1.54) is 99.1 Å². The van der Waals surface area contributed by atoms with Crippen LogP contribution in [-0.4, -0.2) is 15.8 Å². The van der Waals surface area contributed by atoms with Crippen molar-refractivity contribution in [2.75, 3.05) is 9.80 Å². The molecule has 5 heteroatoms. The fraction of sp³-hybridized carbons (Fsp3) is 0.0880. The van der Waals surface area contributed by atoms with Gasteiger partial charge in [0.25, 0.3) is 6.71 Å². The Morgan fingerprint density at radius 3 is 0.831 bits per heavy atom. The number of fused-ring (bicyclic) bond motifs is 10. The molecule has 0 saturated heterocycles. The van der Waals surface area contributed by atoms with E-state index >= 15 is 0 Å². The van der Waals surface area contributed by atoms with Gasteiger partial charge in [-0.05, 0) is 260 Å². The smallest absolute Gasteiger partial charge is 0.252 e. The van der Waals surface area contributed by atoms with Gasteiger partial charge in [0, 0.05) is 77.9 Å². The van der Waals surface area contributed by atoms with Crippen LogP contribution in [0, 0.1) is 0 Å². The molecule has 0 unspecified atom stereocenters. The number of rotatable bonds is 15. The standard InChI is InChI=1S/C125H97BN4/c1-81(2)98-73-119-121-120(74-98)130(123-106(87-45-25-14-26-46-87)76-100(125(6,7)8)78-108(123)97-54-34-52-93(70-97)91-50-32-48-89(68-91)83-37-17-10-18-38-83)118-80-102(128-114-58-30-28-56-104(114)110-72-95(60-66-116(110)128)85-41-21-12-22-42-85)62-64-112(118)126(121)111-63-61-101(127-113-57-29-27-55-103(113)109-71-94(59-65-115(109)127)84-39-19-11-20-40-84)79-117(111)129(119)122-105(86-43-23-13-24-44-86)75-99(124(3,4)5)77-107(122)96-53-33-51-92(69-96)90-49-31-47-88(67-90)82-35-15-9-16-36-82/h9-81H,1-8H3. The van der Waals surface area contributed by atoms with Crippen LogP contribution in [0.25, 0.3) is 166 Å². The summed E-state index contributed by atoms with van der Waals surface area (Å²) in [5, 5.41) is 4.81. The Morgan fingerprint density at radius 1 is 0.215 bits per heavy atom. The summed E-state index contributed by atoms with van der Waals surface area (Å²) in [6.45, 7) is 18.7. The van der Waals surface area contributed by atoms with Crippen LogP contribution in [0.4, 0.5) is 34.1 Å². The lowest BCUT2D eigenvalue weighted by molar-refractivity contribution is 0.590. The van der Waals surface area contributed by atoms with Crippen LogP contribution >= 0.6 is 0 Å². The Balaban J connectivity index is 0.860. The lowest BCUT2D eigenvalue weighted by Crippen LogP contribution is -2.61. The van der Waals surface area contributed by atoms with E-state index in [9.17, 15) is 0 Å². The van der Waals surface area contributed by atoms with Gasteiger partial charge in [0.15, 0.2) is 0 Å². The van der Waals surface area contributed by atoms with Crippen LogP contribution in [0.1, 0.15) is 78.0 Å². The molecule has 0 N–H and O–H groups in total. The van der Waals surface area contributed by atoms with E-state index < -0.39 is 0 Å². The molecule has 620 valence electrons. The van der Waals surface area contributed by atoms with Gasteiger partial charge in [0.2, 0.25) is 0 Å². The second-order valence-corrected chi connectivity index (χ2v) is 37.7. The maximum Gasteiger partial charge on any atom is 0.252 e. The van der Waals surface area contributed by atoms with Crippen molar-refractivity contribution >= 4 is 101 Å². The van der Waals surface area contributed by atoms with E-state index in [0.717, 1.165) is 134 Å². The molecule has 2 aromatic heterocycles. The van der Waals surface area contributed by atoms with Gasteiger partial charge >= 0.3 is 0 Å². The average molecular weight is 1670 g/mol.